The number of fused-ring (bicyclic) bond motifs is 1. The van der Waals surface area contributed by atoms with Gasteiger partial charge in [-0.25, -0.2) is 0 Å². The molecule has 0 spiro atoms. The van der Waals surface area contributed by atoms with Crippen molar-refractivity contribution in [2.45, 2.75) is 6.92 Å². The van der Waals surface area contributed by atoms with E-state index in [4.69, 9.17) is 9.47 Å². The average Bonchev–Trinajstić information content (AvgIpc) is 2.83. The second kappa shape index (κ2) is 5.44. The molecule has 0 aliphatic carbocycles. The number of ketones is 1. The normalized spacial score (nSPS) is 14.8. The number of ether oxygens (including phenoxy) is 2. The standard InChI is InChI=1S/C17H14O5/c1-2-21-11-5-3-10(4-6-11)9-14-15(19)12-7-8-13(18)16(20)17(12)22-14/h3-9,18,20H,2H2,1H3/b14-9+. The van der Waals surface area contributed by atoms with Crippen molar-refractivity contribution in [1.82, 2.24) is 0 Å². The second-order valence-corrected chi connectivity index (χ2v) is 4.75. The van der Waals surface area contributed by atoms with Crippen molar-refractivity contribution in [2.24, 2.45) is 0 Å². The Kier molecular flexibility index (Phi) is 3.47. The molecule has 0 fully saturated rings. The van der Waals surface area contributed by atoms with Crippen molar-refractivity contribution in [3.05, 3.63) is 53.3 Å². The molecule has 3 rings (SSSR count). The maximum atomic E-state index is 12.2. The van der Waals surface area contributed by atoms with Gasteiger partial charge in [-0.2, -0.15) is 0 Å². The third kappa shape index (κ3) is 2.37. The van der Waals surface area contributed by atoms with Crippen LogP contribution in [0.15, 0.2) is 42.2 Å². The fraction of sp³-hybridized carbons (Fsp3) is 0.118. The molecule has 1 heterocycles. The molecule has 0 aromatic heterocycles. The number of benzene rings is 2. The number of phenols is 2. The Balaban J connectivity index is 1.91. The van der Waals surface area contributed by atoms with Crippen molar-refractivity contribution in [2.75, 3.05) is 6.61 Å². The Labute approximate surface area is 127 Å². The Bertz CT molecular complexity index is 759. The highest BCUT2D eigenvalue weighted by molar-refractivity contribution is 6.15. The molecule has 5 heteroatoms. The molecule has 2 N–H and O–H groups in total. The van der Waals surface area contributed by atoms with Crippen molar-refractivity contribution in [3.63, 3.8) is 0 Å². The fourth-order valence-corrected chi connectivity index (χ4v) is 2.21. The van der Waals surface area contributed by atoms with Gasteiger partial charge < -0.3 is 19.7 Å². The summed E-state index contributed by atoms with van der Waals surface area (Å²) in [6, 6.07) is 9.88. The highest BCUT2D eigenvalue weighted by Gasteiger charge is 2.31. The van der Waals surface area contributed by atoms with Crippen molar-refractivity contribution >= 4 is 11.9 Å². The number of rotatable bonds is 3. The zero-order valence-corrected chi connectivity index (χ0v) is 11.9. The number of carbonyl (C=O) groups excluding carboxylic acids is 1. The Morgan fingerprint density at radius 3 is 2.55 bits per heavy atom. The zero-order chi connectivity index (χ0) is 15.7. The minimum atomic E-state index is -0.430. The summed E-state index contributed by atoms with van der Waals surface area (Å²) in [5.74, 6) is -0.259. The van der Waals surface area contributed by atoms with E-state index in [1.54, 1.807) is 30.3 Å². The van der Waals surface area contributed by atoms with Gasteiger partial charge in [-0.05, 0) is 42.8 Å². The Morgan fingerprint density at radius 2 is 1.86 bits per heavy atom. The average molecular weight is 298 g/mol. The lowest BCUT2D eigenvalue weighted by Gasteiger charge is -2.04. The van der Waals surface area contributed by atoms with Gasteiger partial charge in [0.15, 0.2) is 17.3 Å². The molecule has 0 radical (unpaired) electrons. The maximum absolute atomic E-state index is 12.2. The monoisotopic (exact) mass is 298 g/mol. The maximum Gasteiger partial charge on any atom is 0.232 e. The van der Waals surface area contributed by atoms with Crippen LogP contribution in [0.4, 0.5) is 0 Å². The number of hydrogen-bond donors (Lipinski definition) is 2. The third-order valence-electron chi connectivity index (χ3n) is 3.28. The predicted octanol–water partition coefficient (Wildman–Crippen LogP) is 3.11. The summed E-state index contributed by atoms with van der Waals surface area (Å²) >= 11 is 0. The molecule has 0 saturated carbocycles. The van der Waals surface area contributed by atoms with E-state index in [1.807, 2.05) is 6.92 Å². The summed E-state index contributed by atoms with van der Waals surface area (Å²) in [4.78, 5) is 12.2. The van der Waals surface area contributed by atoms with Crippen LogP contribution >= 0.6 is 0 Å². The van der Waals surface area contributed by atoms with Gasteiger partial charge in [-0.15, -0.1) is 0 Å². The molecule has 22 heavy (non-hydrogen) atoms. The van der Waals surface area contributed by atoms with Gasteiger partial charge in [0.1, 0.15) is 5.75 Å². The van der Waals surface area contributed by atoms with E-state index < -0.39 is 5.75 Å². The van der Waals surface area contributed by atoms with Crippen LogP contribution in [0.25, 0.3) is 6.08 Å². The highest BCUT2D eigenvalue weighted by Crippen LogP contribution is 2.44. The van der Waals surface area contributed by atoms with Crippen LogP contribution in [0, 0.1) is 0 Å². The third-order valence-corrected chi connectivity index (χ3v) is 3.28. The molecule has 1 aliphatic heterocycles. The van der Waals surface area contributed by atoms with E-state index in [0.717, 1.165) is 11.3 Å². The largest absolute Gasteiger partial charge is 0.504 e. The minimum Gasteiger partial charge on any atom is -0.504 e. The van der Waals surface area contributed by atoms with E-state index in [-0.39, 0.29) is 28.6 Å². The number of aromatic hydroxyl groups is 2. The first kappa shape index (κ1) is 14.0. The molecular weight excluding hydrogens is 284 g/mol. The van der Waals surface area contributed by atoms with E-state index >= 15 is 0 Å². The quantitative estimate of drug-likeness (QED) is 0.672. The number of carbonyl (C=O) groups is 1. The first-order valence-electron chi connectivity index (χ1n) is 6.82. The van der Waals surface area contributed by atoms with Gasteiger partial charge in [-0.1, -0.05) is 12.1 Å². The molecule has 2 aromatic rings. The van der Waals surface area contributed by atoms with Crippen molar-refractivity contribution < 1.29 is 24.5 Å². The van der Waals surface area contributed by atoms with Crippen LogP contribution in [0.5, 0.6) is 23.0 Å². The molecule has 0 atom stereocenters. The molecule has 2 aromatic carbocycles. The van der Waals surface area contributed by atoms with Crippen LogP contribution < -0.4 is 9.47 Å². The molecule has 0 amide bonds. The van der Waals surface area contributed by atoms with E-state index in [2.05, 4.69) is 0 Å². The minimum absolute atomic E-state index is 0.0119. The first-order chi connectivity index (χ1) is 10.6. The Morgan fingerprint density at radius 1 is 1.14 bits per heavy atom. The summed E-state index contributed by atoms with van der Waals surface area (Å²) in [7, 11) is 0. The van der Waals surface area contributed by atoms with Gasteiger partial charge >= 0.3 is 0 Å². The van der Waals surface area contributed by atoms with Gasteiger partial charge in [0.2, 0.25) is 11.5 Å². The number of hydrogen-bond acceptors (Lipinski definition) is 5. The summed E-state index contributed by atoms with van der Waals surface area (Å²) in [6.45, 7) is 2.49. The summed E-state index contributed by atoms with van der Waals surface area (Å²) in [5, 5.41) is 19.2. The lowest BCUT2D eigenvalue weighted by atomic mass is 10.1. The van der Waals surface area contributed by atoms with Gasteiger partial charge in [-0.3, -0.25) is 4.79 Å². The summed E-state index contributed by atoms with van der Waals surface area (Å²) in [6.07, 6.45) is 1.58. The first-order valence-corrected chi connectivity index (χ1v) is 6.82. The highest BCUT2D eigenvalue weighted by atomic mass is 16.5. The van der Waals surface area contributed by atoms with Crippen LogP contribution in [-0.4, -0.2) is 22.6 Å². The van der Waals surface area contributed by atoms with E-state index in [9.17, 15) is 15.0 Å². The second-order valence-electron chi connectivity index (χ2n) is 4.75. The number of Topliss-reactive ketones (excluding diaryl/α,β-unsaturated/α-hetero) is 1. The molecule has 0 bridgehead atoms. The van der Waals surface area contributed by atoms with Crippen molar-refractivity contribution in [1.29, 1.82) is 0 Å². The van der Waals surface area contributed by atoms with Gasteiger partial charge in [0, 0.05) is 0 Å². The predicted molar refractivity (Wildman–Crippen MR) is 80.3 cm³/mol. The van der Waals surface area contributed by atoms with E-state index in [0.29, 0.717) is 6.61 Å². The lowest BCUT2D eigenvalue weighted by molar-refractivity contribution is 0.101. The SMILES string of the molecule is CCOc1ccc(/C=C2/Oc3c(ccc(O)c3O)C2=O)cc1. The fourth-order valence-electron chi connectivity index (χ4n) is 2.21. The molecule has 0 saturated heterocycles. The van der Waals surface area contributed by atoms with Crippen LogP contribution in [0.3, 0.4) is 0 Å². The zero-order valence-electron chi connectivity index (χ0n) is 11.9. The summed E-state index contributed by atoms with van der Waals surface area (Å²) in [5.41, 5.74) is 0.996. The van der Waals surface area contributed by atoms with Crippen LogP contribution in [0.2, 0.25) is 0 Å². The van der Waals surface area contributed by atoms with Crippen molar-refractivity contribution in [3.8, 4) is 23.0 Å². The number of phenolic OH excluding ortho intramolecular Hbond substituents is 2. The molecule has 0 unspecified atom stereocenters. The smallest absolute Gasteiger partial charge is 0.232 e. The topological polar surface area (TPSA) is 76.0 Å². The molecule has 5 nitrogen and oxygen atoms in total. The van der Waals surface area contributed by atoms with Gasteiger partial charge in [0.05, 0.1) is 12.2 Å². The van der Waals surface area contributed by atoms with Crippen LogP contribution in [0.1, 0.15) is 22.8 Å². The summed E-state index contributed by atoms with van der Waals surface area (Å²) < 4.78 is 10.7. The Hall–Kier alpha value is -2.95. The molecular formula is C17H14O5. The van der Waals surface area contributed by atoms with Crippen LogP contribution in [-0.2, 0) is 0 Å². The lowest BCUT2D eigenvalue weighted by Crippen LogP contribution is -1.98. The molecule has 112 valence electrons. The number of allylic oxidation sites excluding steroid dienone is 1. The molecule has 1 aliphatic rings. The van der Waals surface area contributed by atoms with Gasteiger partial charge in [0.25, 0.3) is 0 Å². The van der Waals surface area contributed by atoms with E-state index in [1.165, 1.54) is 12.1 Å².